The van der Waals surface area contributed by atoms with Gasteiger partial charge in [0.1, 0.15) is 5.69 Å². The molecular formula is C22H14N6S. The number of H-pyrrole nitrogens is 2. The summed E-state index contributed by atoms with van der Waals surface area (Å²) < 4.78 is 0. The summed E-state index contributed by atoms with van der Waals surface area (Å²) >= 11 is 1.71. The number of rotatable bonds is 3. The largest absolute Gasteiger partial charge is 0.337 e. The Kier molecular flexibility index (Phi) is 3.54. The molecule has 0 spiro atoms. The van der Waals surface area contributed by atoms with Gasteiger partial charge in [0.15, 0.2) is 5.82 Å². The molecule has 6 nitrogen and oxygen atoms in total. The molecular weight excluding hydrogens is 380 g/mol. The molecule has 6 aromatic rings. The number of aromatic amines is 2. The van der Waals surface area contributed by atoms with E-state index in [0.717, 1.165) is 50.3 Å². The van der Waals surface area contributed by atoms with Crippen LogP contribution in [0.4, 0.5) is 0 Å². The second-order valence-corrected chi connectivity index (χ2v) is 7.64. The number of aromatic nitrogens is 6. The fourth-order valence-corrected chi connectivity index (χ4v) is 4.30. The van der Waals surface area contributed by atoms with Gasteiger partial charge in [-0.1, -0.05) is 18.2 Å². The van der Waals surface area contributed by atoms with Gasteiger partial charge in [-0.25, -0.2) is 4.98 Å². The van der Waals surface area contributed by atoms with Crippen molar-refractivity contribution in [2.75, 3.05) is 0 Å². The number of nitrogens with one attached hydrogen (secondary N) is 2. The van der Waals surface area contributed by atoms with E-state index < -0.39 is 0 Å². The third-order valence-corrected chi connectivity index (χ3v) is 5.83. The zero-order valence-corrected chi connectivity index (χ0v) is 15.9. The number of hydrogen-bond acceptors (Lipinski definition) is 5. The number of benzene rings is 1. The molecule has 0 bridgehead atoms. The van der Waals surface area contributed by atoms with Crippen LogP contribution in [0.5, 0.6) is 0 Å². The number of thiophene rings is 1. The third kappa shape index (κ3) is 2.63. The van der Waals surface area contributed by atoms with Crippen LogP contribution in [-0.4, -0.2) is 30.1 Å². The molecule has 1 aromatic carbocycles. The van der Waals surface area contributed by atoms with Crippen LogP contribution in [-0.2, 0) is 0 Å². The van der Waals surface area contributed by atoms with Crippen LogP contribution in [0.2, 0.25) is 0 Å². The van der Waals surface area contributed by atoms with Crippen LogP contribution in [0.3, 0.4) is 0 Å². The third-order valence-electron chi connectivity index (χ3n) is 4.93. The van der Waals surface area contributed by atoms with Crippen LogP contribution in [0, 0.1) is 0 Å². The standard InChI is InChI=1S/C22H14N6S/c1-5-14(19-7-3-9-29-19)20-16(6-1)25-22(26-20)21-15-10-17(13-4-2-8-23-11-13)24-12-18(15)27-28-21/h1-12H,(H,25,26)(H,27,28). The minimum absolute atomic E-state index is 0.735. The Balaban J connectivity index is 1.53. The van der Waals surface area contributed by atoms with E-state index in [-0.39, 0.29) is 0 Å². The Morgan fingerprint density at radius 3 is 2.79 bits per heavy atom. The molecule has 0 radical (unpaired) electrons. The SMILES string of the molecule is c1cncc(-c2cc3c(-c4nc5c(-c6cccs6)cccc5[nH]4)n[nH]c3cn2)c1. The molecule has 5 aromatic heterocycles. The number of nitrogens with zero attached hydrogens (tertiary/aromatic N) is 4. The molecule has 0 saturated heterocycles. The van der Waals surface area contributed by atoms with Crippen molar-refractivity contribution in [3.63, 3.8) is 0 Å². The molecule has 0 atom stereocenters. The molecule has 7 heteroatoms. The van der Waals surface area contributed by atoms with Gasteiger partial charge in [0, 0.05) is 33.8 Å². The average Bonchev–Trinajstić information content (AvgIpc) is 3.52. The Morgan fingerprint density at radius 1 is 0.931 bits per heavy atom. The topological polar surface area (TPSA) is 83.1 Å². The van der Waals surface area contributed by atoms with Crippen LogP contribution in [0.1, 0.15) is 0 Å². The number of pyridine rings is 2. The highest BCUT2D eigenvalue weighted by Gasteiger charge is 2.16. The molecule has 0 amide bonds. The van der Waals surface area contributed by atoms with Gasteiger partial charge in [-0.3, -0.25) is 15.1 Å². The van der Waals surface area contributed by atoms with Crippen molar-refractivity contribution >= 4 is 33.3 Å². The molecule has 5 heterocycles. The van der Waals surface area contributed by atoms with Crippen LogP contribution < -0.4 is 0 Å². The summed E-state index contributed by atoms with van der Waals surface area (Å²) in [4.78, 5) is 18.3. The molecule has 0 aliphatic heterocycles. The highest BCUT2D eigenvalue weighted by Crippen LogP contribution is 2.33. The number of fused-ring (bicyclic) bond motifs is 2. The van der Waals surface area contributed by atoms with Gasteiger partial charge in [-0.2, -0.15) is 5.10 Å². The smallest absolute Gasteiger partial charge is 0.159 e. The Hall–Kier alpha value is -3.84. The molecule has 0 aliphatic carbocycles. The highest BCUT2D eigenvalue weighted by molar-refractivity contribution is 7.13. The van der Waals surface area contributed by atoms with Gasteiger partial charge in [-0.15, -0.1) is 11.3 Å². The van der Waals surface area contributed by atoms with Crippen molar-refractivity contribution in [3.8, 4) is 33.2 Å². The summed E-state index contributed by atoms with van der Waals surface area (Å²) in [6.45, 7) is 0. The molecule has 0 saturated carbocycles. The Morgan fingerprint density at radius 2 is 1.93 bits per heavy atom. The normalized spacial score (nSPS) is 11.4. The zero-order valence-electron chi connectivity index (χ0n) is 15.1. The number of para-hydroxylation sites is 1. The summed E-state index contributed by atoms with van der Waals surface area (Å²) in [5, 5.41) is 10.6. The lowest BCUT2D eigenvalue weighted by Gasteiger charge is -2.00. The maximum atomic E-state index is 4.90. The first-order valence-corrected chi connectivity index (χ1v) is 10.0. The van der Waals surface area contributed by atoms with Gasteiger partial charge in [0.05, 0.1) is 28.4 Å². The van der Waals surface area contributed by atoms with Gasteiger partial charge >= 0.3 is 0 Å². The summed E-state index contributed by atoms with van der Waals surface area (Å²) in [5.41, 5.74) is 6.52. The minimum atomic E-state index is 0.735. The molecule has 138 valence electrons. The van der Waals surface area contributed by atoms with Gasteiger partial charge in [-0.05, 0) is 35.7 Å². The van der Waals surface area contributed by atoms with E-state index in [0.29, 0.717) is 0 Å². The van der Waals surface area contributed by atoms with Crippen molar-refractivity contribution < 1.29 is 0 Å². The highest BCUT2D eigenvalue weighted by atomic mass is 32.1. The number of hydrogen-bond donors (Lipinski definition) is 2. The predicted octanol–water partition coefficient (Wildman–Crippen LogP) is 5.29. The van der Waals surface area contributed by atoms with Crippen molar-refractivity contribution in [1.82, 2.24) is 30.1 Å². The van der Waals surface area contributed by atoms with Crippen LogP contribution >= 0.6 is 11.3 Å². The van der Waals surface area contributed by atoms with E-state index in [4.69, 9.17) is 4.98 Å². The lowest BCUT2D eigenvalue weighted by atomic mass is 10.1. The van der Waals surface area contributed by atoms with Crippen LogP contribution in [0.15, 0.2) is 72.5 Å². The lowest BCUT2D eigenvalue weighted by molar-refractivity contribution is 1.10. The molecule has 29 heavy (non-hydrogen) atoms. The van der Waals surface area contributed by atoms with E-state index in [1.165, 1.54) is 4.88 Å². The molecule has 0 unspecified atom stereocenters. The van der Waals surface area contributed by atoms with E-state index >= 15 is 0 Å². The molecule has 6 rings (SSSR count). The van der Waals surface area contributed by atoms with Crippen molar-refractivity contribution in [2.24, 2.45) is 0 Å². The maximum absolute atomic E-state index is 4.90. The van der Waals surface area contributed by atoms with Crippen molar-refractivity contribution in [3.05, 3.63) is 72.5 Å². The monoisotopic (exact) mass is 394 g/mol. The van der Waals surface area contributed by atoms with Gasteiger partial charge in [0.2, 0.25) is 0 Å². The summed E-state index contributed by atoms with van der Waals surface area (Å²) in [6, 6.07) is 16.3. The molecule has 0 fully saturated rings. The van der Waals surface area contributed by atoms with E-state index in [2.05, 4.69) is 48.7 Å². The summed E-state index contributed by atoms with van der Waals surface area (Å²) in [7, 11) is 0. The van der Waals surface area contributed by atoms with E-state index in [1.807, 2.05) is 36.5 Å². The quantitative estimate of drug-likeness (QED) is 0.427. The Labute approximate surface area is 169 Å². The maximum Gasteiger partial charge on any atom is 0.159 e. The fourth-order valence-electron chi connectivity index (χ4n) is 3.54. The molecule has 2 N–H and O–H groups in total. The zero-order chi connectivity index (χ0) is 19.2. The fraction of sp³-hybridized carbons (Fsp3) is 0. The van der Waals surface area contributed by atoms with Crippen LogP contribution in [0.25, 0.3) is 55.2 Å². The summed E-state index contributed by atoms with van der Waals surface area (Å²) in [6.07, 6.45) is 5.36. The van der Waals surface area contributed by atoms with Crippen molar-refractivity contribution in [1.29, 1.82) is 0 Å². The molecule has 0 aliphatic rings. The first kappa shape index (κ1) is 16.1. The minimum Gasteiger partial charge on any atom is -0.337 e. The lowest BCUT2D eigenvalue weighted by Crippen LogP contribution is -1.85. The van der Waals surface area contributed by atoms with E-state index in [9.17, 15) is 0 Å². The van der Waals surface area contributed by atoms with E-state index in [1.54, 1.807) is 23.7 Å². The second kappa shape index (κ2) is 6.35. The Bertz CT molecular complexity index is 1450. The predicted molar refractivity (Wildman–Crippen MR) is 116 cm³/mol. The first-order valence-electron chi connectivity index (χ1n) is 9.14. The first-order chi connectivity index (χ1) is 14.4. The number of imidazole rings is 1. The second-order valence-electron chi connectivity index (χ2n) is 6.69. The van der Waals surface area contributed by atoms with Crippen molar-refractivity contribution in [2.45, 2.75) is 0 Å². The van der Waals surface area contributed by atoms with Gasteiger partial charge < -0.3 is 4.98 Å². The summed E-state index contributed by atoms with van der Waals surface area (Å²) in [5.74, 6) is 0.735. The van der Waals surface area contributed by atoms with Gasteiger partial charge in [0.25, 0.3) is 0 Å². The average molecular weight is 394 g/mol.